The van der Waals surface area contributed by atoms with Crippen molar-refractivity contribution in [1.29, 1.82) is 0 Å². The van der Waals surface area contributed by atoms with Crippen molar-refractivity contribution < 1.29 is 9.84 Å². The Morgan fingerprint density at radius 2 is 2.03 bits per heavy atom. The standard InChI is InChI=1S/C19H24N6O4/c1-12(2)29-11-14(26)10-25-15-16(24(3)19(28)22-17(15)27)21-18(25)23-20-9-13-7-5-4-6-8-13/h4-9,12,14,26H,10-11H2,1-3H3,(H,21,23)(H,22,27,28)/b20-9-/t14-/m1/s1. The van der Waals surface area contributed by atoms with Crippen molar-refractivity contribution in [1.82, 2.24) is 19.1 Å². The van der Waals surface area contributed by atoms with Crippen molar-refractivity contribution in [3.63, 3.8) is 0 Å². The molecule has 0 fully saturated rings. The number of H-pyrrole nitrogens is 1. The zero-order chi connectivity index (χ0) is 21.0. The molecule has 0 aliphatic heterocycles. The molecule has 0 aliphatic rings. The van der Waals surface area contributed by atoms with E-state index in [0.717, 1.165) is 5.56 Å². The summed E-state index contributed by atoms with van der Waals surface area (Å²) in [6.07, 6.45) is 0.678. The number of anilines is 1. The molecule has 154 valence electrons. The molecule has 0 unspecified atom stereocenters. The van der Waals surface area contributed by atoms with Crippen LogP contribution >= 0.6 is 0 Å². The molecule has 2 aromatic heterocycles. The quantitative estimate of drug-likeness (QED) is 0.377. The van der Waals surface area contributed by atoms with Gasteiger partial charge in [0.25, 0.3) is 5.56 Å². The molecule has 3 aromatic rings. The molecule has 1 atom stereocenters. The van der Waals surface area contributed by atoms with Crippen molar-refractivity contribution in [3.8, 4) is 0 Å². The number of aliphatic hydroxyl groups is 1. The minimum Gasteiger partial charge on any atom is -0.389 e. The number of aromatic amines is 1. The molecule has 1 aromatic carbocycles. The lowest BCUT2D eigenvalue weighted by Gasteiger charge is -2.15. The molecule has 0 radical (unpaired) electrons. The Balaban J connectivity index is 1.97. The van der Waals surface area contributed by atoms with Crippen molar-refractivity contribution >= 4 is 23.3 Å². The lowest BCUT2D eigenvalue weighted by molar-refractivity contribution is -0.000105. The van der Waals surface area contributed by atoms with E-state index in [-0.39, 0.29) is 36.4 Å². The Morgan fingerprint density at radius 1 is 1.31 bits per heavy atom. The average molecular weight is 400 g/mol. The largest absolute Gasteiger partial charge is 0.389 e. The normalized spacial score (nSPS) is 12.9. The maximum Gasteiger partial charge on any atom is 0.329 e. The van der Waals surface area contributed by atoms with E-state index in [9.17, 15) is 14.7 Å². The zero-order valence-corrected chi connectivity index (χ0v) is 16.5. The molecule has 0 saturated heterocycles. The monoisotopic (exact) mass is 400 g/mol. The van der Waals surface area contributed by atoms with Gasteiger partial charge < -0.3 is 14.4 Å². The number of fused-ring (bicyclic) bond motifs is 1. The summed E-state index contributed by atoms with van der Waals surface area (Å²) in [5, 5.41) is 14.5. The Hall–Kier alpha value is -3.24. The van der Waals surface area contributed by atoms with Crippen LogP contribution in [0.25, 0.3) is 11.2 Å². The summed E-state index contributed by atoms with van der Waals surface area (Å²) >= 11 is 0. The van der Waals surface area contributed by atoms with Crippen molar-refractivity contribution in [2.75, 3.05) is 12.0 Å². The van der Waals surface area contributed by atoms with E-state index >= 15 is 0 Å². The lowest BCUT2D eigenvalue weighted by Crippen LogP contribution is -2.30. The van der Waals surface area contributed by atoms with Crippen LogP contribution in [0.2, 0.25) is 0 Å². The molecule has 0 aliphatic carbocycles. The number of rotatable bonds is 8. The first-order valence-corrected chi connectivity index (χ1v) is 9.20. The number of benzene rings is 1. The topological polar surface area (TPSA) is 127 Å². The van der Waals surface area contributed by atoms with Gasteiger partial charge in [0.2, 0.25) is 5.95 Å². The molecular weight excluding hydrogens is 376 g/mol. The highest BCUT2D eigenvalue weighted by Crippen LogP contribution is 2.16. The highest BCUT2D eigenvalue weighted by molar-refractivity contribution is 5.80. The highest BCUT2D eigenvalue weighted by atomic mass is 16.5. The second kappa shape index (κ2) is 8.84. The molecule has 0 bridgehead atoms. The van der Waals surface area contributed by atoms with Crippen molar-refractivity contribution in [2.45, 2.75) is 32.6 Å². The number of hydrazone groups is 1. The molecule has 3 N–H and O–H groups in total. The molecular formula is C19H24N6O4. The Morgan fingerprint density at radius 3 is 2.72 bits per heavy atom. The molecule has 10 nitrogen and oxygen atoms in total. The third kappa shape index (κ3) is 4.79. The van der Waals surface area contributed by atoms with E-state index in [0.29, 0.717) is 0 Å². The van der Waals surface area contributed by atoms with Crippen LogP contribution in [-0.2, 0) is 18.3 Å². The average Bonchev–Trinajstić information content (AvgIpc) is 3.04. The number of hydrogen-bond acceptors (Lipinski definition) is 7. The van der Waals surface area contributed by atoms with Gasteiger partial charge in [-0.25, -0.2) is 10.2 Å². The number of hydrogen-bond donors (Lipinski definition) is 3. The predicted molar refractivity (Wildman–Crippen MR) is 110 cm³/mol. The van der Waals surface area contributed by atoms with Gasteiger partial charge in [-0.05, 0) is 19.4 Å². The Kier molecular flexibility index (Phi) is 6.25. The molecule has 3 rings (SSSR count). The van der Waals surface area contributed by atoms with E-state index in [1.165, 1.54) is 16.2 Å². The number of aryl methyl sites for hydroxylation is 1. The van der Waals surface area contributed by atoms with Crippen LogP contribution in [0.1, 0.15) is 19.4 Å². The summed E-state index contributed by atoms with van der Waals surface area (Å²) < 4.78 is 8.16. The second-order valence-corrected chi connectivity index (χ2v) is 6.85. The fourth-order valence-corrected chi connectivity index (χ4v) is 2.77. The van der Waals surface area contributed by atoms with Crippen LogP contribution in [0.5, 0.6) is 0 Å². The van der Waals surface area contributed by atoms with Crippen LogP contribution in [0.4, 0.5) is 5.95 Å². The first-order valence-electron chi connectivity index (χ1n) is 9.20. The smallest absolute Gasteiger partial charge is 0.329 e. The van der Waals surface area contributed by atoms with E-state index in [1.54, 1.807) is 6.21 Å². The van der Waals surface area contributed by atoms with Crippen LogP contribution in [0, 0.1) is 0 Å². The molecule has 0 spiro atoms. The molecule has 0 amide bonds. The zero-order valence-electron chi connectivity index (χ0n) is 16.5. The summed E-state index contributed by atoms with van der Waals surface area (Å²) in [4.78, 5) is 30.9. The predicted octanol–water partition coefficient (Wildman–Crippen LogP) is 0.655. The third-order valence-electron chi connectivity index (χ3n) is 4.20. The van der Waals surface area contributed by atoms with Gasteiger partial charge in [0.1, 0.15) is 0 Å². The number of nitrogens with one attached hydrogen (secondary N) is 2. The fraction of sp³-hybridized carbons (Fsp3) is 0.368. The summed E-state index contributed by atoms with van der Waals surface area (Å²) in [6, 6.07) is 9.44. The maximum absolute atomic E-state index is 12.4. The van der Waals surface area contributed by atoms with Crippen LogP contribution in [-0.4, -0.2) is 49.2 Å². The van der Waals surface area contributed by atoms with E-state index in [1.807, 2.05) is 44.2 Å². The van der Waals surface area contributed by atoms with Crippen LogP contribution < -0.4 is 16.7 Å². The molecule has 2 heterocycles. The summed E-state index contributed by atoms with van der Waals surface area (Å²) in [7, 11) is 1.51. The van der Waals surface area contributed by atoms with Crippen LogP contribution in [0.15, 0.2) is 45.0 Å². The maximum atomic E-state index is 12.4. The number of aliphatic hydroxyl groups excluding tert-OH is 1. The van der Waals surface area contributed by atoms with Gasteiger partial charge in [-0.1, -0.05) is 30.3 Å². The van der Waals surface area contributed by atoms with Gasteiger partial charge >= 0.3 is 5.69 Å². The minimum atomic E-state index is -0.884. The van der Waals surface area contributed by atoms with Crippen molar-refractivity contribution in [3.05, 3.63) is 56.7 Å². The summed E-state index contributed by atoms with van der Waals surface area (Å²) in [5.74, 6) is 0.225. The Labute approximate surface area is 166 Å². The van der Waals surface area contributed by atoms with Crippen molar-refractivity contribution in [2.24, 2.45) is 12.1 Å². The number of nitrogens with zero attached hydrogens (tertiary/aromatic N) is 4. The second-order valence-electron chi connectivity index (χ2n) is 6.85. The van der Waals surface area contributed by atoms with Crippen LogP contribution in [0.3, 0.4) is 0 Å². The van der Waals surface area contributed by atoms with E-state index in [2.05, 4.69) is 20.5 Å². The summed E-state index contributed by atoms with van der Waals surface area (Å²) in [5.41, 5.74) is 2.85. The number of imidazole rings is 1. The van der Waals surface area contributed by atoms with E-state index < -0.39 is 17.4 Å². The van der Waals surface area contributed by atoms with Gasteiger partial charge in [0, 0.05) is 7.05 Å². The van der Waals surface area contributed by atoms with Gasteiger partial charge in [-0.15, -0.1) is 0 Å². The summed E-state index contributed by atoms with van der Waals surface area (Å²) in [6.45, 7) is 3.86. The minimum absolute atomic E-state index is 0.0354. The first-order chi connectivity index (χ1) is 13.9. The van der Waals surface area contributed by atoms with Gasteiger partial charge in [0.05, 0.1) is 31.6 Å². The SMILES string of the molecule is CC(C)OC[C@H](O)Cn1c(N/N=C\c2ccccc2)nc2c1c(=O)[nH]c(=O)n2C. The van der Waals surface area contributed by atoms with E-state index in [4.69, 9.17) is 4.74 Å². The van der Waals surface area contributed by atoms with Gasteiger partial charge in [-0.3, -0.25) is 14.3 Å². The van der Waals surface area contributed by atoms with Gasteiger partial charge in [0.15, 0.2) is 11.2 Å². The lowest BCUT2D eigenvalue weighted by atomic mass is 10.2. The number of ether oxygens (including phenoxy) is 1. The first kappa shape index (κ1) is 20.5. The molecule has 10 heteroatoms. The molecule has 29 heavy (non-hydrogen) atoms. The fourth-order valence-electron chi connectivity index (χ4n) is 2.77. The highest BCUT2D eigenvalue weighted by Gasteiger charge is 2.19. The molecule has 0 saturated carbocycles. The number of aromatic nitrogens is 4. The third-order valence-corrected chi connectivity index (χ3v) is 4.20. The van der Waals surface area contributed by atoms with Gasteiger partial charge in [-0.2, -0.15) is 10.1 Å². The Bertz CT molecular complexity index is 1110.